The van der Waals surface area contributed by atoms with Gasteiger partial charge in [0.2, 0.25) is 0 Å². The third-order valence-corrected chi connectivity index (χ3v) is 5.53. The van der Waals surface area contributed by atoms with Crippen LogP contribution in [-0.4, -0.2) is 48.6 Å². The van der Waals surface area contributed by atoms with Crippen LogP contribution < -0.4 is 0 Å². The maximum atomic E-state index is 2.71. The predicted octanol–water partition coefficient (Wildman–Crippen LogP) is 4.65. The van der Waals surface area contributed by atoms with Gasteiger partial charge in [0.15, 0.2) is 0 Å². The first kappa shape index (κ1) is 19.0. The van der Waals surface area contributed by atoms with E-state index in [4.69, 9.17) is 0 Å². The van der Waals surface area contributed by atoms with E-state index in [9.17, 15) is 0 Å². The van der Waals surface area contributed by atoms with Gasteiger partial charge in [-0.15, -0.1) is 0 Å². The maximum absolute atomic E-state index is 2.71. The molecule has 2 rings (SSSR count). The Morgan fingerprint density at radius 1 is 0.810 bits per heavy atom. The van der Waals surface area contributed by atoms with Crippen molar-refractivity contribution in [3.05, 3.63) is 0 Å². The van der Waals surface area contributed by atoms with Gasteiger partial charge in [0.05, 0.1) is 0 Å². The minimum atomic E-state index is 0.708. The lowest BCUT2D eigenvalue weighted by Crippen LogP contribution is -2.48. The highest BCUT2D eigenvalue weighted by molar-refractivity contribution is 4.91. The van der Waals surface area contributed by atoms with Crippen LogP contribution in [-0.2, 0) is 0 Å². The van der Waals surface area contributed by atoms with Gasteiger partial charge in [-0.1, -0.05) is 27.7 Å². The molecule has 0 aromatic carbocycles. The van der Waals surface area contributed by atoms with Crippen molar-refractivity contribution in [3.8, 4) is 0 Å². The highest BCUT2D eigenvalue weighted by Gasteiger charge is 2.37. The zero-order valence-corrected chi connectivity index (χ0v) is 15.6. The summed E-state index contributed by atoms with van der Waals surface area (Å²) in [6.07, 6.45) is 7.18. The molecule has 2 aliphatic rings. The van der Waals surface area contributed by atoms with Crippen LogP contribution in [0.25, 0.3) is 0 Å². The first-order valence-corrected chi connectivity index (χ1v) is 9.47. The largest absolute Gasteiger partial charge is 0.303 e. The summed E-state index contributed by atoms with van der Waals surface area (Å²) in [5.74, 6) is 0.852. The average Bonchev–Trinajstić information content (AvgIpc) is 2.49. The van der Waals surface area contributed by atoms with Crippen molar-refractivity contribution in [2.24, 2.45) is 11.3 Å². The summed E-state index contributed by atoms with van der Waals surface area (Å²) < 4.78 is 0. The van der Waals surface area contributed by atoms with E-state index in [-0.39, 0.29) is 0 Å². The van der Waals surface area contributed by atoms with E-state index >= 15 is 0 Å². The minimum Gasteiger partial charge on any atom is -0.303 e. The smallest absolute Gasteiger partial charge is 0.00385 e. The summed E-state index contributed by atoms with van der Waals surface area (Å²) in [6, 6.07) is 0.739. The molecule has 2 fully saturated rings. The molecule has 0 aromatic rings. The van der Waals surface area contributed by atoms with E-state index in [2.05, 4.69) is 37.5 Å². The number of hydrogen-bond donors (Lipinski definition) is 0. The molecule has 0 N–H and O–H groups in total. The van der Waals surface area contributed by atoms with Crippen molar-refractivity contribution in [3.63, 3.8) is 0 Å². The van der Waals surface area contributed by atoms with Gasteiger partial charge in [-0.3, -0.25) is 0 Å². The summed E-state index contributed by atoms with van der Waals surface area (Å²) >= 11 is 0. The number of likely N-dealkylation sites (tertiary alicyclic amines) is 2. The Morgan fingerprint density at radius 2 is 1.29 bits per heavy atom. The third kappa shape index (κ3) is 5.90. The molecule has 2 nitrogen and oxygen atoms in total. The van der Waals surface area contributed by atoms with Gasteiger partial charge in [0.25, 0.3) is 0 Å². The quantitative estimate of drug-likeness (QED) is 0.745. The predicted molar refractivity (Wildman–Crippen MR) is 94.9 cm³/mol. The Morgan fingerprint density at radius 3 is 1.71 bits per heavy atom. The Balaban J connectivity index is 0.00000106. The van der Waals surface area contributed by atoms with Gasteiger partial charge in [0.1, 0.15) is 0 Å². The lowest BCUT2D eigenvalue weighted by molar-refractivity contribution is 0.0241. The molecular weight excluding hydrogens is 256 g/mol. The summed E-state index contributed by atoms with van der Waals surface area (Å²) in [7, 11) is 0. The van der Waals surface area contributed by atoms with Crippen molar-refractivity contribution < 1.29 is 0 Å². The fourth-order valence-corrected chi connectivity index (χ4v) is 3.71. The highest BCUT2D eigenvalue weighted by Crippen LogP contribution is 2.41. The molecule has 0 bridgehead atoms. The molecule has 0 aromatic heterocycles. The van der Waals surface area contributed by atoms with Crippen LogP contribution in [0.5, 0.6) is 0 Å². The topological polar surface area (TPSA) is 6.48 Å². The first-order valence-electron chi connectivity index (χ1n) is 9.47. The summed E-state index contributed by atoms with van der Waals surface area (Å²) in [5.41, 5.74) is 0.708. The van der Waals surface area contributed by atoms with Gasteiger partial charge in [0, 0.05) is 6.04 Å². The monoisotopic (exact) mass is 296 g/mol. The summed E-state index contributed by atoms with van der Waals surface area (Å²) in [4.78, 5) is 5.37. The van der Waals surface area contributed by atoms with Gasteiger partial charge in [-0.05, 0) is 90.0 Å². The second-order valence-electron chi connectivity index (χ2n) is 7.65. The number of hydrogen-bond acceptors (Lipinski definition) is 2. The lowest BCUT2D eigenvalue weighted by atomic mass is 9.71. The second-order valence-corrected chi connectivity index (χ2v) is 7.65. The maximum Gasteiger partial charge on any atom is 0.00385 e. The molecule has 0 unspecified atom stereocenters. The molecule has 2 aliphatic heterocycles. The minimum absolute atomic E-state index is 0.708. The molecule has 2 saturated heterocycles. The van der Waals surface area contributed by atoms with Crippen molar-refractivity contribution in [2.75, 3.05) is 32.7 Å². The molecule has 1 spiro atoms. The van der Waals surface area contributed by atoms with Crippen molar-refractivity contribution >= 4 is 0 Å². The first-order chi connectivity index (χ1) is 10.0. The van der Waals surface area contributed by atoms with Gasteiger partial charge in [-0.2, -0.15) is 0 Å². The molecule has 0 aliphatic carbocycles. The molecule has 21 heavy (non-hydrogen) atoms. The molecule has 0 amide bonds. The Labute approximate surface area is 134 Å². The molecule has 126 valence electrons. The van der Waals surface area contributed by atoms with E-state index in [0.717, 1.165) is 12.0 Å². The highest BCUT2D eigenvalue weighted by atomic mass is 15.2. The number of piperidine rings is 2. The van der Waals surface area contributed by atoms with Crippen molar-refractivity contribution in [1.29, 1.82) is 0 Å². The van der Waals surface area contributed by atoms with Crippen molar-refractivity contribution in [2.45, 2.75) is 79.7 Å². The Hall–Kier alpha value is -0.0800. The summed E-state index contributed by atoms with van der Waals surface area (Å²) in [5, 5.41) is 0. The number of rotatable bonds is 4. The molecule has 0 saturated carbocycles. The third-order valence-electron chi connectivity index (χ3n) is 5.53. The van der Waals surface area contributed by atoms with Crippen LogP contribution in [0.4, 0.5) is 0 Å². The second kappa shape index (κ2) is 9.15. The average molecular weight is 297 g/mol. The molecule has 2 heterocycles. The summed E-state index contributed by atoms with van der Waals surface area (Å²) in [6.45, 7) is 20.1. The van der Waals surface area contributed by atoms with Crippen LogP contribution in [0.3, 0.4) is 0 Å². The van der Waals surface area contributed by atoms with Crippen LogP contribution in [0.15, 0.2) is 0 Å². The van der Waals surface area contributed by atoms with E-state index in [1.165, 1.54) is 64.8 Å². The van der Waals surface area contributed by atoms with Gasteiger partial charge < -0.3 is 9.80 Å². The molecule has 0 radical (unpaired) electrons. The zero-order chi connectivity index (χ0) is 15.9. The standard InChI is InChI=1S/C17H34N2.C2H6/c1-15(2)5-10-18-11-6-17(7-12-18)8-13-19(14-9-17)16(3)4;1-2/h15-16H,5-14H2,1-4H3;1-2H3. The van der Waals surface area contributed by atoms with E-state index < -0.39 is 0 Å². The van der Waals surface area contributed by atoms with E-state index in [1.54, 1.807) is 0 Å². The van der Waals surface area contributed by atoms with Crippen molar-refractivity contribution in [1.82, 2.24) is 9.80 Å². The molecule has 0 atom stereocenters. The van der Waals surface area contributed by atoms with Crippen LogP contribution in [0.1, 0.15) is 73.6 Å². The number of nitrogens with zero attached hydrogens (tertiary/aromatic N) is 2. The van der Waals surface area contributed by atoms with Crippen LogP contribution >= 0.6 is 0 Å². The van der Waals surface area contributed by atoms with Gasteiger partial charge >= 0.3 is 0 Å². The zero-order valence-electron chi connectivity index (χ0n) is 15.6. The Bertz CT molecular complexity index is 255. The molecular formula is C19H40N2. The SMILES string of the molecule is CC.CC(C)CCN1CCC2(CC1)CCN(C(C)C)CC2. The van der Waals surface area contributed by atoms with Crippen LogP contribution in [0.2, 0.25) is 0 Å². The van der Waals surface area contributed by atoms with Gasteiger partial charge in [-0.25, -0.2) is 0 Å². The Kier molecular flexibility index (Phi) is 8.26. The fraction of sp³-hybridized carbons (Fsp3) is 1.00. The normalized spacial score (nSPS) is 23.4. The van der Waals surface area contributed by atoms with E-state index in [0.29, 0.717) is 5.41 Å². The fourth-order valence-electron chi connectivity index (χ4n) is 3.71. The molecule has 2 heteroatoms. The van der Waals surface area contributed by atoms with Crippen LogP contribution in [0, 0.1) is 11.3 Å². The van der Waals surface area contributed by atoms with E-state index in [1.807, 2.05) is 13.8 Å². The lowest BCUT2D eigenvalue weighted by Gasteiger charge is -2.48.